The number of rotatable bonds is 4. The first kappa shape index (κ1) is 11.3. The summed E-state index contributed by atoms with van der Waals surface area (Å²) < 4.78 is 10.2. The molecule has 86 valence electrons. The van der Waals surface area contributed by atoms with Gasteiger partial charge in [0.1, 0.15) is 5.54 Å². The lowest BCUT2D eigenvalue weighted by Gasteiger charge is -2.18. The highest BCUT2D eigenvalue weighted by Gasteiger charge is 2.27. The molecule has 2 aromatic rings. The second-order valence-electron chi connectivity index (χ2n) is 3.79. The zero-order valence-corrected chi connectivity index (χ0v) is 9.95. The molecule has 0 bridgehead atoms. The van der Waals surface area contributed by atoms with E-state index in [1.165, 1.54) is 0 Å². The summed E-state index contributed by atoms with van der Waals surface area (Å²) in [4.78, 5) is 4.27. The maximum atomic E-state index is 6.01. The number of nitrogens with two attached hydrogens (primary N) is 1. The molecule has 0 radical (unpaired) electrons. The van der Waals surface area contributed by atoms with E-state index < -0.39 is 5.54 Å². The molecular formula is C10H13N3O2S. The molecule has 2 N–H and O–H groups in total. The lowest BCUT2D eigenvalue weighted by atomic mass is 10.1. The van der Waals surface area contributed by atoms with Crippen molar-refractivity contribution in [3.8, 4) is 11.5 Å². The summed E-state index contributed by atoms with van der Waals surface area (Å²) in [5.41, 5.74) is 6.19. The van der Waals surface area contributed by atoms with E-state index in [-0.39, 0.29) is 0 Å². The Labute approximate surface area is 97.2 Å². The third-order valence-electron chi connectivity index (χ3n) is 2.15. The summed E-state index contributed by atoms with van der Waals surface area (Å²) in [7, 11) is 1.59. The smallest absolute Gasteiger partial charge is 0.258 e. The van der Waals surface area contributed by atoms with Crippen LogP contribution in [0, 0.1) is 0 Å². The van der Waals surface area contributed by atoms with Gasteiger partial charge >= 0.3 is 0 Å². The molecule has 2 aromatic heterocycles. The van der Waals surface area contributed by atoms with E-state index in [2.05, 4.69) is 10.1 Å². The van der Waals surface area contributed by atoms with Crippen molar-refractivity contribution < 1.29 is 9.26 Å². The third kappa shape index (κ3) is 2.13. The highest BCUT2D eigenvalue weighted by Crippen LogP contribution is 2.23. The van der Waals surface area contributed by atoms with Gasteiger partial charge in [0, 0.05) is 12.5 Å². The van der Waals surface area contributed by atoms with Gasteiger partial charge in [-0.2, -0.15) is 16.3 Å². The van der Waals surface area contributed by atoms with Crippen molar-refractivity contribution in [3.05, 3.63) is 22.7 Å². The van der Waals surface area contributed by atoms with Crippen LogP contribution in [0.1, 0.15) is 12.7 Å². The van der Waals surface area contributed by atoms with Gasteiger partial charge in [0.25, 0.3) is 5.89 Å². The van der Waals surface area contributed by atoms with Crippen LogP contribution in [-0.4, -0.2) is 23.9 Å². The zero-order chi connectivity index (χ0) is 11.6. The number of hydrogen-bond acceptors (Lipinski definition) is 6. The highest BCUT2D eigenvalue weighted by molar-refractivity contribution is 7.08. The number of thiophene rings is 1. The zero-order valence-electron chi connectivity index (χ0n) is 9.14. The number of ether oxygens (including phenoxy) is 1. The Kier molecular flexibility index (Phi) is 3.04. The van der Waals surface area contributed by atoms with Gasteiger partial charge in [0.2, 0.25) is 0 Å². The van der Waals surface area contributed by atoms with Crippen LogP contribution in [0.3, 0.4) is 0 Å². The second-order valence-corrected chi connectivity index (χ2v) is 4.57. The van der Waals surface area contributed by atoms with E-state index in [0.717, 1.165) is 5.56 Å². The molecule has 0 spiro atoms. The lowest BCUT2D eigenvalue weighted by molar-refractivity contribution is 0.135. The van der Waals surface area contributed by atoms with Crippen LogP contribution in [0.4, 0.5) is 0 Å². The van der Waals surface area contributed by atoms with Gasteiger partial charge in [-0.05, 0) is 18.4 Å². The Morgan fingerprint density at radius 3 is 3.06 bits per heavy atom. The minimum atomic E-state index is -0.730. The average Bonchev–Trinajstić information content (AvgIpc) is 2.89. The number of methoxy groups -OCH3 is 1. The Hall–Kier alpha value is -1.24. The van der Waals surface area contributed by atoms with Crippen molar-refractivity contribution in [1.82, 2.24) is 10.1 Å². The topological polar surface area (TPSA) is 74.2 Å². The molecule has 0 aromatic carbocycles. The van der Waals surface area contributed by atoms with Crippen molar-refractivity contribution in [2.45, 2.75) is 12.5 Å². The molecule has 0 aliphatic carbocycles. The Balaban J connectivity index is 2.26. The largest absolute Gasteiger partial charge is 0.382 e. The molecule has 2 rings (SSSR count). The quantitative estimate of drug-likeness (QED) is 0.877. The molecule has 1 unspecified atom stereocenters. The fourth-order valence-corrected chi connectivity index (χ4v) is 1.95. The van der Waals surface area contributed by atoms with Gasteiger partial charge in [-0.25, -0.2) is 0 Å². The third-order valence-corrected chi connectivity index (χ3v) is 2.83. The first-order chi connectivity index (χ1) is 7.63. The van der Waals surface area contributed by atoms with Gasteiger partial charge in [0.05, 0.1) is 12.2 Å². The predicted octanol–water partition coefficient (Wildman–Crippen LogP) is 1.62. The fraction of sp³-hybridized carbons (Fsp3) is 0.400. The molecule has 6 heteroatoms. The summed E-state index contributed by atoms with van der Waals surface area (Å²) in [6.07, 6.45) is 0. The summed E-state index contributed by atoms with van der Waals surface area (Å²) >= 11 is 1.58. The van der Waals surface area contributed by atoms with Gasteiger partial charge in [-0.1, -0.05) is 5.16 Å². The van der Waals surface area contributed by atoms with Crippen LogP contribution in [-0.2, 0) is 10.3 Å². The summed E-state index contributed by atoms with van der Waals surface area (Å²) in [5, 5.41) is 7.78. The molecule has 0 fully saturated rings. The maximum Gasteiger partial charge on any atom is 0.258 e. The standard InChI is InChI=1S/C10H13N3O2S/c1-10(11,6-14-2)9-12-8(15-13-9)7-3-4-16-5-7/h3-5H,6,11H2,1-2H3. The van der Waals surface area contributed by atoms with Crippen LogP contribution < -0.4 is 5.73 Å². The summed E-state index contributed by atoms with van der Waals surface area (Å²) in [5.74, 6) is 0.944. The average molecular weight is 239 g/mol. The van der Waals surface area contributed by atoms with Crippen molar-refractivity contribution >= 4 is 11.3 Å². The molecule has 0 saturated heterocycles. The normalized spacial score (nSPS) is 14.9. The van der Waals surface area contributed by atoms with Gasteiger partial charge in [-0.15, -0.1) is 0 Å². The number of hydrogen-bond donors (Lipinski definition) is 1. The fourth-order valence-electron chi connectivity index (χ4n) is 1.32. The highest BCUT2D eigenvalue weighted by atomic mass is 32.1. The molecule has 0 aliphatic rings. The molecule has 0 aliphatic heterocycles. The maximum absolute atomic E-state index is 6.01. The van der Waals surface area contributed by atoms with Crippen LogP contribution in [0.5, 0.6) is 0 Å². The Morgan fingerprint density at radius 1 is 1.62 bits per heavy atom. The van der Waals surface area contributed by atoms with E-state index in [0.29, 0.717) is 18.3 Å². The minimum Gasteiger partial charge on any atom is -0.382 e. The Morgan fingerprint density at radius 2 is 2.44 bits per heavy atom. The van der Waals surface area contributed by atoms with Crippen molar-refractivity contribution in [1.29, 1.82) is 0 Å². The van der Waals surface area contributed by atoms with Crippen LogP contribution >= 0.6 is 11.3 Å². The van der Waals surface area contributed by atoms with Gasteiger partial charge < -0.3 is 15.0 Å². The SMILES string of the molecule is COCC(C)(N)c1noc(-c2ccsc2)n1. The van der Waals surface area contributed by atoms with Gasteiger partial charge in [-0.3, -0.25) is 0 Å². The minimum absolute atomic E-state index is 0.343. The van der Waals surface area contributed by atoms with Crippen molar-refractivity contribution in [2.24, 2.45) is 5.73 Å². The molecular weight excluding hydrogens is 226 g/mol. The molecule has 0 saturated carbocycles. The Bertz CT molecular complexity index is 450. The predicted molar refractivity (Wildman–Crippen MR) is 61.0 cm³/mol. The van der Waals surface area contributed by atoms with E-state index in [9.17, 15) is 0 Å². The second kappa shape index (κ2) is 4.32. The molecule has 2 heterocycles. The van der Waals surface area contributed by atoms with Gasteiger partial charge in [0.15, 0.2) is 5.82 Å². The first-order valence-electron chi connectivity index (χ1n) is 4.78. The lowest BCUT2D eigenvalue weighted by Crippen LogP contribution is -2.38. The molecule has 1 atom stereocenters. The summed E-state index contributed by atoms with van der Waals surface area (Å²) in [6.45, 7) is 2.15. The molecule has 16 heavy (non-hydrogen) atoms. The monoisotopic (exact) mass is 239 g/mol. The van der Waals surface area contributed by atoms with Crippen molar-refractivity contribution in [2.75, 3.05) is 13.7 Å². The molecule has 5 nitrogen and oxygen atoms in total. The van der Waals surface area contributed by atoms with E-state index in [1.54, 1.807) is 25.4 Å². The van der Waals surface area contributed by atoms with Crippen LogP contribution in [0.25, 0.3) is 11.5 Å². The van der Waals surface area contributed by atoms with Crippen LogP contribution in [0.2, 0.25) is 0 Å². The van der Waals surface area contributed by atoms with E-state index >= 15 is 0 Å². The number of aromatic nitrogens is 2. The first-order valence-corrected chi connectivity index (χ1v) is 5.72. The van der Waals surface area contributed by atoms with E-state index in [4.69, 9.17) is 15.0 Å². The summed E-state index contributed by atoms with van der Waals surface area (Å²) in [6, 6.07) is 1.92. The van der Waals surface area contributed by atoms with Crippen molar-refractivity contribution in [3.63, 3.8) is 0 Å². The molecule has 0 amide bonds. The van der Waals surface area contributed by atoms with E-state index in [1.807, 2.05) is 16.8 Å². The van der Waals surface area contributed by atoms with Crippen LogP contribution in [0.15, 0.2) is 21.3 Å². The number of nitrogens with zero attached hydrogens (tertiary/aromatic N) is 2.